The summed E-state index contributed by atoms with van der Waals surface area (Å²) in [6, 6.07) is 5.68. The molecule has 1 saturated heterocycles. The molecule has 1 N–H and O–H groups in total. The number of rotatable bonds is 2. The average molecular weight is 397 g/mol. The van der Waals surface area contributed by atoms with Gasteiger partial charge in [-0.25, -0.2) is 19.3 Å². The van der Waals surface area contributed by atoms with Gasteiger partial charge in [0.25, 0.3) is 0 Å². The number of aryl methyl sites for hydroxylation is 1. The Bertz CT molecular complexity index is 1290. The number of aromatic nitrogens is 6. The van der Waals surface area contributed by atoms with Crippen molar-refractivity contribution >= 4 is 29.1 Å². The Kier molecular flexibility index (Phi) is 4.37. The van der Waals surface area contributed by atoms with Crippen molar-refractivity contribution in [3.8, 4) is 17.5 Å². The van der Waals surface area contributed by atoms with Crippen molar-refractivity contribution in [1.82, 2.24) is 34.0 Å². The fourth-order valence-corrected chi connectivity index (χ4v) is 3.68. The highest BCUT2D eigenvalue weighted by atomic mass is 35.5. The number of halogens is 1. The van der Waals surface area contributed by atoms with Gasteiger partial charge < -0.3 is 5.32 Å². The SMILES string of the molecule is Cl.Cn1c(=O)n([C@@H]2CCNC2)c2nc(-c3cnn4ccc(C#N)cc34)ncc21. The molecule has 0 spiro atoms. The Labute approximate surface area is 165 Å². The summed E-state index contributed by atoms with van der Waals surface area (Å²) in [7, 11) is 1.74. The summed E-state index contributed by atoms with van der Waals surface area (Å²) >= 11 is 0. The van der Waals surface area contributed by atoms with Crippen molar-refractivity contribution in [2.75, 3.05) is 13.1 Å². The van der Waals surface area contributed by atoms with Gasteiger partial charge in [-0.2, -0.15) is 10.4 Å². The van der Waals surface area contributed by atoms with E-state index in [2.05, 4.69) is 21.5 Å². The molecule has 142 valence electrons. The van der Waals surface area contributed by atoms with Crippen molar-refractivity contribution in [2.24, 2.45) is 7.05 Å². The van der Waals surface area contributed by atoms with E-state index in [0.717, 1.165) is 30.6 Å². The van der Waals surface area contributed by atoms with Gasteiger partial charge in [-0.15, -0.1) is 12.4 Å². The van der Waals surface area contributed by atoms with Crippen LogP contribution in [0.4, 0.5) is 0 Å². The van der Waals surface area contributed by atoms with Gasteiger partial charge >= 0.3 is 5.69 Å². The van der Waals surface area contributed by atoms with Gasteiger partial charge in [0.05, 0.1) is 41.1 Å². The third-order valence-electron chi connectivity index (χ3n) is 5.12. The van der Waals surface area contributed by atoms with Crippen LogP contribution in [0.15, 0.2) is 35.5 Å². The summed E-state index contributed by atoms with van der Waals surface area (Å²) < 4.78 is 5.02. The van der Waals surface area contributed by atoms with Crippen LogP contribution in [-0.2, 0) is 7.05 Å². The van der Waals surface area contributed by atoms with Crippen LogP contribution in [0.3, 0.4) is 0 Å². The lowest BCUT2D eigenvalue weighted by atomic mass is 10.2. The smallest absolute Gasteiger partial charge is 0.315 e. The second kappa shape index (κ2) is 6.74. The third-order valence-corrected chi connectivity index (χ3v) is 5.12. The first-order valence-corrected chi connectivity index (χ1v) is 8.70. The van der Waals surface area contributed by atoms with Crippen molar-refractivity contribution in [1.29, 1.82) is 5.26 Å². The van der Waals surface area contributed by atoms with E-state index in [9.17, 15) is 10.1 Å². The van der Waals surface area contributed by atoms with Crippen LogP contribution in [0.5, 0.6) is 0 Å². The molecular formula is C18H17ClN8O. The fraction of sp³-hybridized carbons (Fsp3) is 0.278. The standard InChI is InChI=1S/C18H16N8O.ClH/c1-24-15-10-21-16(13-9-22-25-5-3-11(7-19)6-14(13)25)23-17(15)26(18(24)27)12-2-4-20-8-12;/h3,5-6,9-10,12,20H,2,4,8H2,1H3;1H/t12-;/m1./s1. The van der Waals surface area contributed by atoms with E-state index < -0.39 is 0 Å². The maximum Gasteiger partial charge on any atom is 0.330 e. The predicted molar refractivity (Wildman–Crippen MR) is 105 cm³/mol. The lowest BCUT2D eigenvalue weighted by Gasteiger charge is -2.10. The van der Waals surface area contributed by atoms with E-state index in [1.807, 2.05) is 0 Å². The van der Waals surface area contributed by atoms with Gasteiger partial charge in [-0.3, -0.25) is 9.13 Å². The lowest BCUT2D eigenvalue weighted by Crippen LogP contribution is -2.27. The van der Waals surface area contributed by atoms with E-state index in [4.69, 9.17) is 4.98 Å². The van der Waals surface area contributed by atoms with Crippen molar-refractivity contribution < 1.29 is 0 Å². The molecule has 0 amide bonds. The molecule has 0 bridgehead atoms. The molecule has 10 heteroatoms. The summed E-state index contributed by atoms with van der Waals surface area (Å²) in [4.78, 5) is 21.9. The number of nitrogens with one attached hydrogen (secondary N) is 1. The first-order chi connectivity index (χ1) is 13.2. The largest absolute Gasteiger partial charge is 0.330 e. The molecule has 0 aromatic carbocycles. The summed E-state index contributed by atoms with van der Waals surface area (Å²) in [6.07, 6.45) is 5.98. The van der Waals surface area contributed by atoms with Crippen LogP contribution in [0, 0.1) is 11.3 Å². The van der Waals surface area contributed by atoms with Gasteiger partial charge in [-0.1, -0.05) is 0 Å². The maximum absolute atomic E-state index is 12.7. The number of nitriles is 1. The Hall–Kier alpha value is -3.22. The number of nitrogens with zero attached hydrogens (tertiary/aromatic N) is 7. The fourth-order valence-electron chi connectivity index (χ4n) is 3.68. The van der Waals surface area contributed by atoms with E-state index in [0.29, 0.717) is 22.6 Å². The quantitative estimate of drug-likeness (QED) is 0.547. The van der Waals surface area contributed by atoms with E-state index in [1.165, 1.54) is 0 Å². The highest BCUT2D eigenvalue weighted by molar-refractivity contribution is 5.85. The van der Waals surface area contributed by atoms with Gasteiger partial charge in [-0.05, 0) is 25.1 Å². The summed E-state index contributed by atoms with van der Waals surface area (Å²) in [5, 5.41) is 16.8. The molecule has 28 heavy (non-hydrogen) atoms. The zero-order valence-corrected chi connectivity index (χ0v) is 15.8. The minimum absolute atomic E-state index is 0. The van der Waals surface area contributed by atoms with Crippen LogP contribution >= 0.6 is 12.4 Å². The molecule has 1 fully saturated rings. The molecule has 1 aliphatic heterocycles. The number of hydrogen-bond acceptors (Lipinski definition) is 6. The average Bonchev–Trinajstić information content (AvgIpc) is 3.41. The molecule has 0 radical (unpaired) electrons. The minimum atomic E-state index is -0.0863. The molecule has 0 saturated carbocycles. The second-order valence-corrected chi connectivity index (χ2v) is 6.68. The van der Waals surface area contributed by atoms with Crippen molar-refractivity contribution in [3.63, 3.8) is 0 Å². The summed E-state index contributed by atoms with van der Waals surface area (Å²) in [5.74, 6) is 0.484. The number of hydrogen-bond donors (Lipinski definition) is 1. The normalized spacial score (nSPS) is 16.4. The molecule has 1 aliphatic rings. The monoisotopic (exact) mass is 396 g/mol. The zero-order chi connectivity index (χ0) is 18.5. The van der Waals surface area contributed by atoms with Crippen molar-refractivity contribution in [2.45, 2.75) is 12.5 Å². The van der Waals surface area contributed by atoms with E-state index in [-0.39, 0.29) is 24.1 Å². The van der Waals surface area contributed by atoms with Crippen LogP contribution in [-0.4, -0.2) is 41.8 Å². The molecule has 1 atom stereocenters. The van der Waals surface area contributed by atoms with Gasteiger partial charge in [0.2, 0.25) is 0 Å². The van der Waals surface area contributed by atoms with Crippen LogP contribution < -0.4 is 11.0 Å². The van der Waals surface area contributed by atoms with E-state index in [1.54, 1.807) is 51.4 Å². The topological polar surface area (TPSA) is 106 Å². The maximum atomic E-state index is 12.7. The first-order valence-electron chi connectivity index (χ1n) is 8.70. The van der Waals surface area contributed by atoms with Gasteiger partial charge in [0.1, 0.15) is 5.52 Å². The summed E-state index contributed by atoms with van der Waals surface area (Å²) in [5.41, 5.74) is 3.25. The third kappa shape index (κ3) is 2.58. The first kappa shape index (κ1) is 18.2. The number of fused-ring (bicyclic) bond motifs is 2. The predicted octanol–water partition coefficient (Wildman–Crippen LogP) is 1.27. The molecule has 9 nitrogen and oxygen atoms in total. The Morgan fingerprint density at radius 3 is 2.93 bits per heavy atom. The minimum Gasteiger partial charge on any atom is -0.315 e. The Balaban J connectivity index is 0.00000192. The van der Waals surface area contributed by atoms with Crippen molar-refractivity contribution in [3.05, 3.63) is 46.8 Å². The molecule has 4 aromatic rings. The molecule has 5 heterocycles. The Morgan fingerprint density at radius 2 is 2.18 bits per heavy atom. The van der Waals surface area contributed by atoms with E-state index >= 15 is 0 Å². The van der Waals surface area contributed by atoms with Crippen LogP contribution in [0.1, 0.15) is 18.0 Å². The van der Waals surface area contributed by atoms with Crippen LogP contribution in [0.25, 0.3) is 28.1 Å². The van der Waals surface area contributed by atoms with Gasteiger partial charge in [0.15, 0.2) is 11.5 Å². The Morgan fingerprint density at radius 1 is 1.32 bits per heavy atom. The molecular weight excluding hydrogens is 380 g/mol. The lowest BCUT2D eigenvalue weighted by molar-refractivity contribution is 0.532. The highest BCUT2D eigenvalue weighted by Gasteiger charge is 2.24. The summed E-state index contributed by atoms with van der Waals surface area (Å²) in [6.45, 7) is 1.64. The number of pyridine rings is 1. The molecule has 0 aliphatic carbocycles. The van der Waals surface area contributed by atoms with Crippen LogP contribution in [0.2, 0.25) is 0 Å². The molecule has 5 rings (SSSR count). The zero-order valence-electron chi connectivity index (χ0n) is 15.0. The molecule has 0 unspecified atom stereocenters. The molecule has 4 aromatic heterocycles. The second-order valence-electron chi connectivity index (χ2n) is 6.68. The number of imidazole rings is 1. The van der Waals surface area contributed by atoms with Gasteiger partial charge in [0, 0.05) is 19.8 Å². The highest BCUT2D eigenvalue weighted by Crippen LogP contribution is 2.25.